The van der Waals surface area contributed by atoms with Crippen molar-refractivity contribution >= 4 is 22.4 Å². The zero-order valence-corrected chi connectivity index (χ0v) is 17.6. The van der Waals surface area contributed by atoms with Gasteiger partial charge in [-0.1, -0.05) is 48.5 Å². The van der Waals surface area contributed by atoms with Crippen molar-refractivity contribution in [1.82, 2.24) is 4.57 Å². The minimum absolute atomic E-state index is 0.148. The van der Waals surface area contributed by atoms with E-state index in [1.165, 1.54) is 4.57 Å². The number of anilines is 1. The summed E-state index contributed by atoms with van der Waals surface area (Å²) in [5.74, 6) is 0.539. The normalized spacial score (nSPS) is 11.8. The average molecular weight is 412 g/mol. The summed E-state index contributed by atoms with van der Waals surface area (Å²) in [6.07, 6.45) is 1.68. The highest BCUT2D eigenvalue weighted by Crippen LogP contribution is 2.23. The number of pyridine rings is 1. The second-order valence-corrected chi connectivity index (χ2v) is 7.40. The van der Waals surface area contributed by atoms with Gasteiger partial charge in [0.25, 0.3) is 5.56 Å². The van der Waals surface area contributed by atoms with Crippen LogP contribution in [0.1, 0.15) is 18.5 Å². The summed E-state index contributed by atoms with van der Waals surface area (Å²) in [5.41, 5.74) is 1.61. The van der Waals surface area contributed by atoms with Crippen molar-refractivity contribution in [3.8, 4) is 5.75 Å². The first-order valence-corrected chi connectivity index (χ1v) is 10.2. The van der Waals surface area contributed by atoms with Crippen LogP contribution >= 0.6 is 0 Å². The van der Waals surface area contributed by atoms with Crippen molar-refractivity contribution < 1.29 is 9.53 Å². The third-order valence-electron chi connectivity index (χ3n) is 5.43. The second kappa shape index (κ2) is 8.88. The van der Waals surface area contributed by atoms with Crippen molar-refractivity contribution in [2.45, 2.75) is 19.5 Å². The summed E-state index contributed by atoms with van der Waals surface area (Å²) >= 11 is 0. The lowest BCUT2D eigenvalue weighted by Crippen LogP contribution is -2.39. The van der Waals surface area contributed by atoms with Crippen LogP contribution in [-0.4, -0.2) is 17.6 Å². The Morgan fingerprint density at radius 1 is 0.968 bits per heavy atom. The van der Waals surface area contributed by atoms with Gasteiger partial charge in [-0.3, -0.25) is 9.59 Å². The smallest absolute Gasteiger partial charge is 0.259 e. The third kappa shape index (κ3) is 4.21. The Morgan fingerprint density at radius 2 is 1.65 bits per heavy atom. The third-order valence-corrected chi connectivity index (χ3v) is 5.43. The highest BCUT2D eigenvalue weighted by molar-refractivity contribution is 5.96. The minimum Gasteiger partial charge on any atom is -0.497 e. The predicted molar refractivity (Wildman–Crippen MR) is 124 cm³/mol. The maximum absolute atomic E-state index is 13.6. The lowest BCUT2D eigenvalue weighted by Gasteiger charge is -2.27. The molecule has 0 radical (unpaired) electrons. The summed E-state index contributed by atoms with van der Waals surface area (Å²) in [7, 11) is 1.59. The summed E-state index contributed by atoms with van der Waals surface area (Å²) in [5, 5.41) is 1.33. The van der Waals surface area contributed by atoms with Gasteiger partial charge in [-0.25, -0.2) is 0 Å². The molecular formula is C26H24N2O3. The average Bonchev–Trinajstić information content (AvgIpc) is 2.83. The molecule has 4 aromatic rings. The fourth-order valence-electron chi connectivity index (χ4n) is 3.69. The largest absolute Gasteiger partial charge is 0.497 e. The van der Waals surface area contributed by atoms with E-state index in [0.717, 1.165) is 16.6 Å². The first-order chi connectivity index (χ1) is 15.1. The molecule has 1 aromatic heterocycles. The van der Waals surface area contributed by atoms with Gasteiger partial charge in [-0.2, -0.15) is 0 Å². The fraction of sp³-hybridized carbons (Fsp3) is 0.154. The minimum atomic E-state index is -0.664. The van der Waals surface area contributed by atoms with Gasteiger partial charge in [0.1, 0.15) is 11.8 Å². The number of hydrogen-bond donors (Lipinski definition) is 0. The maximum Gasteiger partial charge on any atom is 0.259 e. The Hall–Kier alpha value is -3.86. The van der Waals surface area contributed by atoms with E-state index in [4.69, 9.17) is 4.74 Å². The highest BCUT2D eigenvalue weighted by atomic mass is 16.5. The van der Waals surface area contributed by atoms with Crippen LogP contribution in [0.15, 0.2) is 95.9 Å². The molecule has 0 aliphatic carbocycles. The predicted octanol–water partition coefficient (Wildman–Crippen LogP) is 4.80. The van der Waals surface area contributed by atoms with E-state index >= 15 is 0 Å². The number of fused-ring (bicyclic) bond motifs is 1. The monoisotopic (exact) mass is 412 g/mol. The van der Waals surface area contributed by atoms with Crippen molar-refractivity contribution in [3.63, 3.8) is 0 Å². The van der Waals surface area contributed by atoms with Gasteiger partial charge in [0.05, 0.1) is 13.7 Å². The topological polar surface area (TPSA) is 51.5 Å². The van der Waals surface area contributed by atoms with Crippen LogP contribution in [-0.2, 0) is 11.3 Å². The highest BCUT2D eigenvalue weighted by Gasteiger charge is 2.24. The van der Waals surface area contributed by atoms with Crippen molar-refractivity contribution in [3.05, 3.63) is 107 Å². The van der Waals surface area contributed by atoms with E-state index < -0.39 is 6.04 Å². The van der Waals surface area contributed by atoms with Gasteiger partial charge in [-0.15, -0.1) is 0 Å². The first-order valence-electron chi connectivity index (χ1n) is 10.2. The van der Waals surface area contributed by atoms with Crippen LogP contribution in [0, 0.1) is 0 Å². The van der Waals surface area contributed by atoms with E-state index in [1.54, 1.807) is 37.3 Å². The molecule has 5 nitrogen and oxygen atoms in total. The van der Waals surface area contributed by atoms with E-state index in [1.807, 2.05) is 72.8 Å². The molecule has 0 spiro atoms. The molecule has 5 heteroatoms. The zero-order valence-electron chi connectivity index (χ0n) is 17.6. The first kappa shape index (κ1) is 20.4. The van der Waals surface area contributed by atoms with E-state index in [-0.39, 0.29) is 11.5 Å². The number of amides is 1. The molecule has 1 heterocycles. The number of aromatic nitrogens is 1. The number of rotatable bonds is 6. The molecule has 3 aromatic carbocycles. The Bertz CT molecular complexity index is 1250. The molecule has 4 rings (SSSR count). The Morgan fingerprint density at radius 3 is 2.32 bits per heavy atom. The summed E-state index contributed by atoms with van der Waals surface area (Å²) < 4.78 is 6.74. The van der Waals surface area contributed by atoms with Crippen molar-refractivity contribution in [2.24, 2.45) is 0 Å². The molecule has 31 heavy (non-hydrogen) atoms. The van der Waals surface area contributed by atoms with E-state index in [2.05, 4.69) is 0 Å². The van der Waals surface area contributed by atoms with Gasteiger partial charge >= 0.3 is 0 Å². The molecule has 0 bridgehead atoms. The Kier molecular flexibility index (Phi) is 5.85. The molecule has 1 atom stereocenters. The molecule has 156 valence electrons. The number of methoxy groups -OCH3 is 1. The van der Waals surface area contributed by atoms with Crippen molar-refractivity contribution in [2.75, 3.05) is 12.0 Å². The standard InChI is InChI=1S/C26H24N2O3/c1-19(27-16-15-21-17-23(31-2)13-14-24(21)26(27)30)25(29)28(22-11-7-4-8-12-22)18-20-9-5-3-6-10-20/h3-17,19H,18H2,1-2H3. The molecule has 0 aliphatic heterocycles. The molecule has 0 aliphatic rings. The van der Waals surface area contributed by atoms with Gasteiger partial charge in [0.2, 0.25) is 5.91 Å². The van der Waals surface area contributed by atoms with Crippen LogP contribution in [0.5, 0.6) is 5.75 Å². The number of benzene rings is 3. The van der Waals surface area contributed by atoms with Crippen LogP contribution in [0.3, 0.4) is 0 Å². The van der Waals surface area contributed by atoms with E-state index in [9.17, 15) is 9.59 Å². The number of nitrogens with zero attached hydrogens (tertiary/aromatic N) is 2. The lowest BCUT2D eigenvalue weighted by atomic mass is 10.1. The van der Waals surface area contributed by atoms with Gasteiger partial charge in [0.15, 0.2) is 0 Å². The fourth-order valence-corrected chi connectivity index (χ4v) is 3.69. The molecule has 1 unspecified atom stereocenters. The number of carbonyl (C=O) groups is 1. The molecule has 0 saturated heterocycles. The summed E-state index contributed by atoms with van der Waals surface area (Å²) in [4.78, 5) is 28.5. The quantitative estimate of drug-likeness (QED) is 0.457. The summed E-state index contributed by atoms with van der Waals surface area (Å²) in [6.45, 7) is 2.19. The van der Waals surface area contributed by atoms with Crippen molar-refractivity contribution in [1.29, 1.82) is 0 Å². The summed E-state index contributed by atoms with van der Waals surface area (Å²) in [6, 6.07) is 25.9. The van der Waals surface area contributed by atoms with Crippen LogP contribution < -0.4 is 15.2 Å². The van der Waals surface area contributed by atoms with Gasteiger partial charge < -0.3 is 14.2 Å². The number of carbonyl (C=O) groups excluding carboxylic acids is 1. The molecule has 0 fully saturated rings. The molecular weight excluding hydrogens is 388 g/mol. The number of para-hydroxylation sites is 1. The lowest BCUT2D eigenvalue weighted by molar-refractivity contribution is -0.121. The second-order valence-electron chi connectivity index (χ2n) is 7.40. The SMILES string of the molecule is COc1ccc2c(=O)n(C(C)C(=O)N(Cc3ccccc3)c3ccccc3)ccc2c1. The number of hydrogen-bond acceptors (Lipinski definition) is 3. The maximum atomic E-state index is 13.6. The van der Waals surface area contributed by atoms with Gasteiger partial charge in [0, 0.05) is 17.3 Å². The molecule has 0 saturated carbocycles. The molecule has 1 amide bonds. The molecule has 0 N–H and O–H groups in total. The van der Waals surface area contributed by atoms with Crippen LogP contribution in [0.25, 0.3) is 10.8 Å². The number of ether oxygens (including phenoxy) is 1. The van der Waals surface area contributed by atoms with E-state index in [0.29, 0.717) is 17.7 Å². The zero-order chi connectivity index (χ0) is 21.8. The Labute approximate surface area is 181 Å². The van der Waals surface area contributed by atoms with Crippen LogP contribution in [0.2, 0.25) is 0 Å². The van der Waals surface area contributed by atoms with Crippen LogP contribution in [0.4, 0.5) is 5.69 Å². The van der Waals surface area contributed by atoms with Gasteiger partial charge in [-0.05, 0) is 54.3 Å². The Balaban J connectivity index is 1.71.